The van der Waals surface area contributed by atoms with Crippen LogP contribution in [0.4, 0.5) is 4.39 Å². The van der Waals surface area contributed by atoms with Gasteiger partial charge in [0.2, 0.25) is 5.91 Å². The summed E-state index contributed by atoms with van der Waals surface area (Å²) in [5, 5.41) is 28.1. The summed E-state index contributed by atoms with van der Waals surface area (Å²) in [6, 6.07) is 10.6. The fourth-order valence-electron chi connectivity index (χ4n) is 4.06. The fraction of sp³-hybridized carbons (Fsp3) is 0.308. The number of amides is 2. The van der Waals surface area contributed by atoms with Crippen molar-refractivity contribution in [1.29, 1.82) is 0 Å². The summed E-state index contributed by atoms with van der Waals surface area (Å²) < 4.78 is 14.3. The maximum absolute atomic E-state index is 14.3. The summed E-state index contributed by atoms with van der Waals surface area (Å²) >= 11 is 6.01. The molecule has 40 heavy (non-hydrogen) atoms. The van der Waals surface area contributed by atoms with Gasteiger partial charge in [-0.15, -0.1) is 5.10 Å². The van der Waals surface area contributed by atoms with Crippen molar-refractivity contribution < 1.29 is 28.7 Å². The van der Waals surface area contributed by atoms with E-state index in [-0.39, 0.29) is 44.8 Å². The van der Waals surface area contributed by atoms with Gasteiger partial charge in [-0.25, -0.2) is 4.39 Å². The summed E-state index contributed by atoms with van der Waals surface area (Å²) in [5.41, 5.74) is 1.84. The Balaban J connectivity index is 1.68. The van der Waals surface area contributed by atoms with E-state index in [1.165, 1.54) is 24.4 Å². The number of benzene rings is 2. The molecule has 0 aliphatic heterocycles. The zero-order chi connectivity index (χ0) is 28.9. The number of hydrogen-bond acceptors (Lipinski definition) is 7. The van der Waals surface area contributed by atoms with E-state index in [9.17, 15) is 28.7 Å². The number of nitrogens with zero attached hydrogens (tertiary/aromatic N) is 2. The number of aromatic amines is 1. The summed E-state index contributed by atoms with van der Waals surface area (Å²) in [5.74, 6) is -3.35. The van der Waals surface area contributed by atoms with Crippen molar-refractivity contribution in [2.45, 2.75) is 31.7 Å². The molecule has 210 valence electrons. The molecule has 14 heteroatoms. The smallest absolute Gasteiger partial charge is 0.308 e. The second kappa shape index (κ2) is 15.5. The summed E-state index contributed by atoms with van der Waals surface area (Å²) in [7, 11) is 0.199. The van der Waals surface area contributed by atoms with E-state index >= 15 is 0 Å². The summed E-state index contributed by atoms with van der Waals surface area (Å²) in [6.45, 7) is 0.356. The highest BCUT2D eigenvalue weighted by Gasteiger charge is 2.25. The molecular weight excluding hydrogens is 542 g/mol. The van der Waals surface area contributed by atoms with Crippen molar-refractivity contribution >= 4 is 43.0 Å². The van der Waals surface area contributed by atoms with Crippen LogP contribution in [0, 0.1) is 11.7 Å². The van der Waals surface area contributed by atoms with Crippen LogP contribution < -0.4 is 15.9 Å². The Morgan fingerprint density at radius 2 is 1.95 bits per heavy atom. The van der Waals surface area contributed by atoms with Crippen LogP contribution in [0.25, 0.3) is 11.1 Å². The predicted octanol–water partition coefficient (Wildman–Crippen LogP) is 1.72. The number of rotatable bonds is 16. The highest BCUT2D eigenvalue weighted by Crippen LogP contribution is 2.26. The Morgan fingerprint density at radius 1 is 1.18 bits per heavy atom. The molecule has 0 spiro atoms. The third-order valence-corrected chi connectivity index (χ3v) is 6.35. The van der Waals surface area contributed by atoms with E-state index in [2.05, 4.69) is 31.3 Å². The minimum Gasteiger partial charge on any atom is -0.481 e. The lowest BCUT2D eigenvalue weighted by molar-refractivity contribution is -0.142. The van der Waals surface area contributed by atoms with Crippen LogP contribution in [0.3, 0.4) is 0 Å². The molecular formula is C26H29BClFN6O5. The van der Waals surface area contributed by atoms with E-state index in [1.807, 2.05) is 0 Å². The average molecular weight is 571 g/mol. The van der Waals surface area contributed by atoms with Crippen molar-refractivity contribution in [1.82, 2.24) is 31.3 Å². The number of carboxylic acids is 1. The van der Waals surface area contributed by atoms with Crippen LogP contribution in [-0.4, -0.2) is 71.0 Å². The van der Waals surface area contributed by atoms with E-state index in [1.54, 1.807) is 24.3 Å². The SMILES string of the molecule is O=CBNCCCC(=O)NC[C@H](C[C@@H](Cc1ccc(-c2cc(Cl)ccc2F)cc1)NC(=O)c1cnn[nH]1)C(=O)O. The number of carbonyl (C=O) groups is 4. The van der Waals surface area contributed by atoms with Crippen LogP contribution in [0.5, 0.6) is 0 Å². The van der Waals surface area contributed by atoms with E-state index in [0.717, 1.165) is 11.7 Å². The molecule has 5 N–H and O–H groups in total. The molecule has 0 fully saturated rings. The van der Waals surface area contributed by atoms with E-state index < -0.39 is 29.7 Å². The first-order valence-corrected chi connectivity index (χ1v) is 13.0. The van der Waals surface area contributed by atoms with Crippen molar-refractivity contribution in [3.63, 3.8) is 0 Å². The molecule has 0 aliphatic rings. The molecule has 2 atom stereocenters. The minimum absolute atomic E-state index is 0.0223. The Bertz CT molecular complexity index is 1300. The molecule has 0 radical (unpaired) electrons. The number of halogens is 2. The summed E-state index contributed by atoms with van der Waals surface area (Å²) in [6.07, 6.45) is 2.93. The van der Waals surface area contributed by atoms with Crippen molar-refractivity contribution in [2.75, 3.05) is 13.1 Å². The predicted molar refractivity (Wildman–Crippen MR) is 148 cm³/mol. The molecule has 1 aromatic heterocycles. The van der Waals surface area contributed by atoms with Gasteiger partial charge < -0.3 is 25.8 Å². The zero-order valence-corrected chi connectivity index (χ0v) is 22.3. The van der Waals surface area contributed by atoms with Gasteiger partial charge in [0, 0.05) is 29.6 Å². The quantitative estimate of drug-likeness (QED) is 0.0986. The molecule has 3 aromatic rings. The average Bonchev–Trinajstić information content (AvgIpc) is 3.48. The van der Waals surface area contributed by atoms with Crippen LogP contribution in [0.15, 0.2) is 48.7 Å². The molecule has 0 unspecified atom stereocenters. The first-order chi connectivity index (χ1) is 19.3. The van der Waals surface area contributed by atoms with Gasteiger partial charge in [-0.2, -0.15) is 0 Å². The maximum atomic E-state index is 14.3. The maximum Gasteiger partial charge on any atom is 0.308 e. The number of hydrogen-bond donors (Lipinski definition) is 5. The number of carboxylic acid groups (broad SMARTS) is 1. The van der Waals surface area contributed by atoms with Crippen molar-refractivity contribution in [3.8, 4) is 11.1 Å². The number of aliphatic carboxylic acids is 1. The van der Waals surface area contributed by atoms with Gasteiger partial charge in [0.25, 0.3) is 13.3 Å². The van der Waals surface area contributed by atoms with Gasteiger partial charge in [0.05, 0.1) is 18.3 Å². The third-order valence-electron chi connectivity index (χ3n) is 6.12. The first kappa shape index (κ1) is 30.4. The Kier molecular flexibility index (Phi) is 11.8. The highest BCUT2D eigenvalue weighted by molar-refractivity contribution is 6.64. The van der Waals surface area contributed by atoms with Gasteiger partial charge in [-0.3, -0.25) is 19.5 Å². The van der Waals surface area contributed by atoms with Gasteiger partial charge in [-0.05, 0) is 55.1 Å². The van der Waals surface area contributed by atoms with Crippen LogP contribution >= 0.6 is 11.6 Å². The molecule has 0 aliphatic carbocycles. The number of aromatic nitrogens is 3. The number of nitrogens with one attached hydrogen (secondary N) is 4. The molecule has 2 aromatic carbocycles. The zero-order valence-electron chi connectivity index (χ0n) is 21.5. The van der Waals surface area contributed by atoms with Crippen LogP contribution in [0.1, 0.15) is 35.3 Å². The van der Waals surface area contributed by atoms with Crippen LogP contribution in [0.2, 0.25) is 5.02 Å². The Labute approximate surface area is 235 Å². The lowest BCUT2D eigenvalue weighted by Gasteiger charge is -2.23. The second-order valence-electron chi connectivity index (χ2n) is 9.11. The van der Waals surface area contributed by atoms with E-state index in [0.29, 0.717) is 29.1 Å². The number of carbonyl (C=O) groups excluding carboxylic acids is 3. The molecule has 0 saturated heterocycles. The topological polar surface area (TPSA) is 166 Å². The van der Waals surface area contributed by atoms with Crippen molar-refractivity contribution in [2.24, 2.45) is 5.92 Å². The second-order valence-corrected chi connectivity index (χ2v) is 9.55. The van der Waals surface area contributed by atoms with Gasteiger partial charge in [-0.1, -0.05) is 41.1 Å². The molecule has 0 saturated carbocycles. The molecule has 2 amide bonds. The minimum atomic E-state index is -1.12. The lowest BCUT2D eigenvalue weighted by Crippen LogP contribution is -2.42. The normalized spacial score (nSPS) is 12.2. The Morgan fingerprint density at radius 3 is 2.62 bits per heavy atom. The summed E-state index contributed by atoms with van der Waals surface area (Å²) in [4.78, 5) is 47.2. The molecule has 0 bridgehead atoms. The first-order valence-electron chi connectivity index (χ1n) is 12.6. The van der Waals surface area contributed by atoms with E-state index in [4.69, 9.17) is 11.6 Å². The molecule has 1 heterocycles. The van der Waals surface area contributed by atoms with Gasteiger partial charge in [0.15, 0.2) is 0 Å². The van der Waals surface area contributed by atoms with Gasteiger partial charge >= 0.3 is 5.97 Å². The molecule has 3 rings (SSSR count). The lowest BCUT2D eigenvalue weighted by atomic mass is 9.93. The monoisotopic (exact) mass is 570 g/mol. The number of H-pyrrole nitrogens is 1. The van der Waals surface area contributed by atoms with Crippen LogP contribution in [-0.2, 0) is 20.8 Å². The largest absolute Gasteiger partial charge is 0.481 e. The fourth-order valence-corrected chi connectivity index (χ4v) is 4.24. The third kappa shape index (κ3) is 9.58. The van der Waals surface area contributed by atoms with Crippen molar-refractivity contribution in [3.05, 3.63) is 70.8 Å². The molecule has 11 nitrogen and oxygen atoms in total. The highest BCUT2D eigenvalue weighted by atomic mass is 35.5. The Hall–Kier alpha value is -4.10. The standard InChI is InChI=1S/C26H29BClFN6O5/c28-19-7-8-22(29)21(12-19)17-5-3-16(4-6-17)10-20(33-25(38)23-14-32-35-34-23)11-18(26(39)40)13-30-24(37)2-1-9-31-27-15-36/h3-8,12,14-15,18,20,27,31H,1-2,9-11,13H2,(H,30,37)(H,33,38)(H,39,40)(H,32,34,35)/t18-,20+/m0/s1. The van der Waals surface area contributed by atoms with Gasteiger partial charge in [0.1, 0.15) is 11.5 Å².